The van der Waals surface area contributed by atoms with Gasteiger partial charge in [-0.1, -0.05) is 17.7 Å². The minimum atomic E-state index is -0.799. The highest BCUT2D eigenvalue weighted by molar-refractivity contribution is 6.45. The fourth-order valence-corrected chi connectivity index (χ4v) is 6.38. The van der Waals surface area contributed by atoms with Gasteiger partial charge in [-0.05, 0) is 87.6 Å². The molecule has 0 saturated carbocycles. The SMILES string of the molecule is CB(O)N1CCC(N2Cc3cc4c(cc3C2=O)CC(c2c(NC[C@@H](O)COc3ccc(C)cc3C)cc[nH]c2=O)=N4)CC1. The van der Waals surface area contributed by atoms with Crippen LogP contribution in [-0.2, 0) is 13.0 Å². The van der Waals surface area contributed by atoms with Crippen molar-refractivity contribution in [3.63, 3.8) is 0 Å². The average molecular weight is 583 g/mol. The second-order valence-electron chi connectivity index (χ2n) is 11.9. The number of nitrogens with zero attached hydrogens (tertiary/aromatic N) is 3. The molecule has 1 saturated heterocycles. The molecule has 2 aromatic carbocycles. The van der Waals surface area contributed by atoms with Crippen molar-refractivity contribution < 1.29 is 19.7 Å². The highest BCUT2D eigenvalue weighted by atomic mass is 16.5. The molecule has 4 heterocycles. The Hall–Kier alpha value is -3.93. The number of anilines is 1. The molecule has 0 radical (unpaired) electrons. The predicted molar refractivity (Wildman–Crippen MR) is 168 cm³/mol. The van der Waals surface area contributed by atoms with Gasteiger partial charge in [-0.3, -0.25) is 14.6 Å². The number of hydrogen-bond acceptors (Lipinski definition) is 8. The topological polar surface area (TPSA) is 130 Å². The number of piperidine rings is 1. The van der Waals surface area contributed by atoms with E-state index in [0.717, 1.165) is 59.6 Å². The van der Waals surface area contributed by atoms with Crippen molar-refractivity contribution in [1.82, 2.24) is 14.7 Å². The number of H-pyrrole nitrogens is 1. The van der Waals surface area contributed by atoms with Crippen molar-refractivity contribution in [2.45, 2.75) is 58.6 Å². The van der Waals surface area contributed by atoms with Crippen molar-refractivity contribution in [3.8, 4) is 5.75 Å². The molecule has 1 atom stereocenters. The van der Waals surface area contributed by atoms with Crippen LogP contribution in [0.2, 0.25) is 6.82 Å². The fourth-order valence-electron chi connectivity index (χ4n) is 6.38. The van der Waals surface area contributed by atoms with Gasteiger partial charge < -0.3 is 34.9 Å². The Bertz CT molecular complexity index is 1630. The summed E-state index contributed by atoms with van der Waals surface area (Å²) in [5.41, 5.74) is 6.89. The number of nitrogens with one attached hydrogen (secondary N) is 2. The molecule has 3 aromatic rings. The zero-order valence-electron chi connectivity index (χ0n) is 24.9. The zero-order chi connectivity index (χ0) is 30.2. The van der Waals surface area contributed by atoms with Gasteiger partial charge in [-0.25, -0.2) is 0 Å². The van der Waals surface area contributed by atoms with E-state index in [2.05, 4.69) is 10.3 Å². The monoisotopic (exact) mass is 583 g/mol. The minimum absolute atomic E-state index is 0.0405. The number of aliphatic hydroxyl groups excluding tert-OH is 1. The van der Waals surface area contributed by atoms with Gasteiger partial charge in [-0.15, -0.1) is 0 Å². The summed E-state index contributed by atoms with van der Waals surface area (Å²) in [6, 6.07) is 11.8. The molecule has 224 valence electrons. The van der Waals surface area contributed by atoms with Gasteiger partial charge in [0, 0.05) is 37.3 Å². The van der Waals surface area contributed by atoms with Crippen LogP contribution in [0.5, 0.6) is 5.75 Å². The second-order valence-corrected chi connectivity index (χ2v) is 11.9. The van der Waals surface area contributed by atoms with Gasteiger partial charge in [0.25, 0.3) is 11.5 Å². The zero-order valence-corrected chi connectivity index (χ0v) is 24.9. The van der Waals surface area contributed by atoms with Gasteiger partial charge in [-0.2, -0.15) is 0 Å². The number of carbonyl (C=O) groups excluding carboxylic acids is 1. The van der Waals surface area contributed by atoms with Crippen LogP contribution < -0.4 is 15.6 Å². The van der Waals surface area contributed by atoms with Crippen LogP contribution in [0, 0.1) is 13.8 Å². The number of benzene rings is 2. The lowest BCUT2D eigenvalue weighted by Gasteiger charge is -2.37. The van der Waals surface area contributed by atoms with Crippen molar-refractivity contribution in [3.05, 3.63) is 86.3 Å². The number of aromatic nitrogens is 1. The Balaban J connectivity index is 1.13. The number of aliphatic hydroxyl groups is 1. The molecule has 1 fully saturated rings. The summed E-state index contributed by atoms with van der Waals surface area (Å²) in [5, 5.41) is 23.7. The van der Waals surface area contributed by atoms with E-state index in [1.54, 1.807) is 19.1 Å². The molecule has 11 heteroatoms. The van der Waals surface area contributed by atoms with Crippen LogP contribution in [0.3, 0.4) is 0 Å². The third kappa shape index (κ3) is 5.97. The predicted octanol–water partition coefficient (Wildman–Crippen LogP) is 3.05. The second kappa shape index (κ2) is 12.0. The van der Waals surface area contributed by atoms with E-state index in [4.69, 9.17) is 9.73 Å². The number of carbonyl (C=O) groups is 1. The summed E-state index contributed by atoms with van der Waals surface area (Å²) in [4.78, 5) is 38.0. The molecule has 10 nitrogen and oxygen atoms in total. The van der Waals surface area contributed by atoms with Gasteiger partial charge >= 0.3 is 7.05 Å². The number of fused-ring (bicyclic) bond motifs is 2. The molecule has 3 aliphatic heterocycles. The molecular formula is C32H38BN5O5. The summed E-state index contributed by atoms with van der Waals surface area (Å²) < 4.78 is 5.82. The first-order valence-electron chi connectivity index (χ1n) is 15.0. The number of ether oxygens (including phenoxy) is 1. The number of amides is 1. The lowest BCUT2D eigenvalue weighted by Crippen LogP contribution is -2.49. The number of rotatable bonds is 9. The van der Waals surface area contributed by atoms with Crippen molar-refractivity contribution >= 4 is 30.0 Å². The third-order valence-corrected chi connectivity index (χ3v) is 8.76. The van der Waals surface area contributed by atoms with E-state index in [9.17, 15) is 19.7 Å². The maximum atomic E-state index is 13.4. The number of pyridine rings is 1. The summed E-state index contributed by atoms with van der Waals surface area (Å²) >= 11 is 0. The first-order valence-corrected chi connectivity index (χ1v) is 15.0. The molecule has 4 N–H and O–H groups in total. The summed E-state index contributed by atoms with van der Waals surface area (Å²) in [6.45, 7) is 8.16. The average Bonchev–Trinajstić information content (AvgIpc) is 3.54. The third-order valence-electron chi connectivity index (χ3n) is 8.76. The molecule has 43 heavy (non-hydrogen) atoms. The molecule has 0 aliphatic carbocycles. The van der Waals surface area contributed by atoms with Crippen molar-refractivity contribution in [2.75, 3.05) is 31.6 Å². The maximum absolute atomic E-state index is 13.4. The Morgan fingerprint density at radius 3 is 2.67 bits per heavy atom. The van der Waals surface area contributed by atoms with Crippen LogP contribution >= 0.6 is 0 Å². The number of aliphatic imine (C=N–C) groups is 1. The highest BCUT2D eigenvalue weighted by Gasteiger charge is 2.37. The van der Waals surface area contributed by atoms with Gasteiger partial charge in [0.15, 0.2) is 0 Å². The van der Waals surface area contributed by atoms with E-state index >= 15 is 0 Å². The molecule has 0 spiro atoms. The maximum Gasteiger partial charge on any atom is 0.376 e. The van der Waals surface area contributed by atoms with Crippen LogP contribution in [0.25, 0.3) is 0 Å². The van der Waals surface area contributed by atoms with E-state index in [1.807, 2.05) is 53.9 Å². The molecule has 1 amide bonds. The van der Waals surface area contributed by atoms with Gasteiger partial charge in [0.1, 0.15) is 18.5 Å². The smallest absolute Gasteiger partial charge is 0.376 e. The Morgan fingerprint density at radius 2 is 1.93 bits per heavy atom. The lowest BCUT2D eigenvalue weighted by atomic mass is 9.82. The standard InChI is InChI=1S/C32H38BN5O5/c1-19-4-5-29(20(2)12-19)43-18-24(39)16-35-26-6-9-34-31(40)30(26)28-14-21-13-25-22(15-27(21)36-28)17-38(32(25)41)23-7-10-37(11-8-23)33(3)42/h4-6,9,12-13,15,23-24,39,42H,7-8,10-11,14,16-18H2,1-3H3,(H2,34,35,40)/t24-/m1/s1. The van der Waals surface area contributed by atoms with E-state index in [1.165, 1.54) is 0 Å². The Labute approximate surface area is 251 Å². The van der Waals surface area contributed by atoms with Crippen LogP contribution in [0.1, 0.15) is 51.0 Å². The van der Waals surface area contributed by atoms with E-state index in [0.29, 0.717) is 35.5 Å². The normalized spacial score (nSPS) is 17.5. The number of hydrogen-bond donors (Lipinski definition) is 4. The first kappa shape index (κ1) is 29.2. The lowest BCUT2D eigenvalue weighted by molar-refractivity contribution is 0.0636. The molecule has 0 unspecified atom stereocenters. The molecule has 0 bridgehead atoms. The molecule has 1 aromatic heterocycles. The summed E-state index contributed by atoms with van der Waals surface area (Å²) in [5.74, 6) is 0.772. The number of aromatic amines is 1. The van der Waals surface area contributed by atoms with E-state index < -0.39 is 13.2 Å². The molecular weight excluding hydrogens is 545 g/mol. The molecule has 6 rings (SSSR count). The van der Waals surface area contributed by atoms with Gasteiger partial charge in [0.2, 0.25) is 0 Å². The molecule has 3 aliphatic rings. The quantitative estimate of drug-likeness (QED) is 0.285. The van der Waals surface area contributed by atoms with Crippen LogP contribution in [-0.4, -0.2) is 81.9 Å². The summed E-state index contributed by atoms with van der Waals surface area (Å²) in [6.07, 6.45) is 2.88. The van der Waals surface area contributed by atoms with Crippen LogP contribution in [0.15, 0.2) is 52.4 Å². The summed E-state index contributed by atoms with van der Waals surface area (Å²) in [7, 11) is -0.470. The first-order chi connectivity index (χ1) is 20.7. The van der Waals surface area contributed by atoms with Crippen molar-refractivity contribution in [1.29, 1.82) is 0 Å². The fraction of sp³-hybridized carbons (Fsp3) is 0.406. The van der Waals surface area contributed by atoms with E-state index in [-0.39, 0.29) is 30.7 Å². The largest absolute Gasteiger partial charge is 0.491 e. The Morgan fingerprint density at radius 1 is 1.14 bits per heavy atom. The van der Waals surface area contributed by atoms with Crippen molar-refractivity contribution in [2.24, 2.45) is 4.99 Å². The van der Waals surface area contributed by atoms with Gasteiger partial charge in [0.05, 0.1) is 22.6 Å². The minimum Gasteiger partial charge on any atom is -0.491 e. The van der Waals surface area contributed by atoms with Crippen LogP contribution in [0.4, 0.5) is 11.4 Å². The highest BCUT2D eigenvalue weighted by Crippen LogP contribution is 2.37. The number of aryl methyl sites for hydroxylation is 2. The Kier molecular flexibility index (Phi) is 8.13.